The van der Waals surface area contributed by atoms with Crippen LogP contribution in [0.4, 0.5) is 11.4 Å². The predicted octanol–water partition coefficient (Wildman–Crippen LogP) is 6.05. The average molecular weight is 476 g/mol. The predicted molar refractivity (Wildman–Crippen MR) is 147 cm³/mol. The minimum absolute atomic E-state index is 0.0452. The number of nitrogens with one attached hydrogen (secondary N) is 1. The first kappa shape index (κ1) is 23.8. The van der Waals surface area contributed by atoms with Crippen LogP contribution in [0, 0.1) is 5.92 Å². The van der Waals surface area contributed by atoms with E-state index in [2.05, 4.69) is 75.8 Å². The molecular formula is C32H33N3O. The van der Waals surface area contributed by atoms with Gasteiger partial charge in [-0.1, -0.05) is 97.1 Å². The summed E-state index contributed by atoms with van der Waals surface area (Å²) in [5.41, 5.74) is 4.66. The van der Waals surface area contributed by atoms with Gasteiger partial charge in [-0.05, 0) is 54.3 Å². The molecule has 5 rings (SSSR count). The van der Waals surface area contributed by atoms with Crippen molar-refractivity contribution in [2.75, 3.05) is 31.1 Å². The molecule has 1 N–H and O–H groups in total. The van der Waals surface area contributed by atoms with Crippen LogP contribution in [-0.4, -0.2) is 37.0 Å². The maximum absolute atomic E-state index is 13.0. The number of benzene rings is 4. The summed E-state index contributed by atoms with van der Waals surface area (Å²) in [6.45, 7) is 2.98. The van der Waals surface area contributed by atoms with E-state index in [0.717, 1.165) is 30.9 Å². The first-order chi connectivity index (χ1) is 17.8. The topological polar surface area (TPSA) is 35.6 Å². The highest BCUT2D eigenvalue weighted by Gasteiger charge is 2.30. The Kier molecular flexibility index (Phi) is 7.74. The molecule has 1 saturated heterocycles. The van der Waals surface area contributed by atoms with E-state index in [1.54, 1.807) is 0 Å². The van der Waals surface area contributed by atoms with Crippen molar-refractivity contribution in [3.05, 3.63) is 132 Å². The molecule has 0 saturated carbocycles. The van der Waals surface area contributed by atoms with Gasteiger partial charge < -0.3 is 10.2 Å². The summed E-state index contributed by atoms with van der Waals surface area (Å²) < 4.78 is 0. The lowest BCUT2D eigenvalue weighted by Gasteiger charge is -2.29. The minimum Gasteiger partial charge on any atom is -0.354 e. The number of carbonyl (C=O) groups is 1. The summed E-state index contributed by atoms with van der Waals surface area (Å²) in [4.78, 5) is 17.7. The number of nitrogens with zero attached hydrogens (tertiary/aromatic N) is 2. The molecule has 1 amide bonds. The number of anilines is 2. The van der Waals surface area contributed by atoms with E-state index in [1.807, 2.05) is 60.7 Å². The average Bonchev–Trinajstić information content (AvgIpc) is 3.41. The fourth-order valence-corrected chi connectivity index (χ4v) is 5.15. The Labute approximate surface area is 214 Å². The monoisotopic (exact) mass is 475 g/mol. The number of hydrogen-bond donors (Lipinski definition) is 1. The Hall–Kier alpha value is -3.89. The lowest BCUT2D eigenvalue weighted by molar-refractivity contribution is -0.119. The fraction of sp³-hybridized carbons (Fsp3) is 0.219. The number of amides is 1. The molecule has 0 radical (unpaired) electrons. The highest BCUT2D eigenvalue weighted by molar-refractivity contribution is 5.84. The molecule has 1 aliphatic heterocycles. The van der Waals surface area contributed by atoms with Crippen LogP contribution in [-0.2, 0) is 4.79 Å². The second kappa shape index (κ2) is 11.7. The molecular weight excluding hydrogens is 442 g/mol. The first-order valence-electron chi connectivity index (χ1n) is 12.8. The summed E-state index contributed by atoms with van der Waals surface area (Å²) in [5.74, 6) is 0.481. The standard InChI is InChI=1S/C32H33N3O/c36-31(25-35(29-17-9-3-10-18-29)30-19-11-4-12-20-30)33-23-26-21-22-34(24-26)32(27-13-5-1-6-14-27)28-15-7-2-8-16-28/h1-20,26,32H,21-25H2,(H,33,36). The van der Waals surface area contributed by atoms with E-state index < -0.39 is 0 Å². The molecule has 36 heavy (non-hydrogen) atoms. The number of para-hydroxylation sites is 2. The molecule has 0 aromatic heterocycles. The largest absolute Gasteiger partial charge is 0.354 e. The van der Waals surface area contributed by atoms with Crippen molar-refractivity contribution in [1.82, 2.24) is 10.2 Å². The van der Waals surface area contributed by atoms with Crippen molar-refractivity contribution in [3.8, 4) is 0 Å². The summed E-state index contributed by atoms with van der Waals surface area (Å²) in [6, 6.07) is 41.9. The molecule has 0 aliphatic carbocycles. The second-order valence-corrected chi connectivity index (χ2v) is 9.43. The summed E-state index contributed by atoms with van der Waals surface area (Å²) >= 11 is 0. The van der Waals surface area contributed by atoms with Crippen LogP contribution in [0.3, 0.4) is 0 Å². The lowest BCUT2D eigenvalue weighted by atomic mass is 9.97. The Balaban J connectivity index is 1.22. The number of hydrogen-bond acceptors (Lipinski definition) is 3. The van der Waals surface area contributed by atoms with Gasteiger partial charge in [0.25, 0.3) is 0 Å². The molecule has 4 aromatic carbocycles. The van der Waals surface area contributed by atoms with E-state index in [-0.39, 0.29) is 11.9 Å². The van der Waals surface area contributed by atoms with E-state index in [1.165, 1.54) is 11.1 Å². The third-order valence-corrected chi connectivity index (χ3v) is 6.94. The van der Waals surface area contributed by atoms with Crippen LogP contribution in [0.15, 0.2) is 121 Å². The van der Waals surface area contributed by atoms with Gasteiger partial charge in [-0.25, -0.2) is 0 Å². The molecule has 1 fully saturated rings. The van der Waals surface area contributed by atoms with Crippen LogP contribution in [0.2, 0.25) is 0 Å². The highest BCUT2D eigenvalue weighted by atomic mass is 16.2. The SMILES string of the molecule is O=C(CN(c1ccccc1)c1ccccc1)NCC1CCN(C(c2ccccc2)c2ccccc2)C1. The van der Waals surface area contributed by atoms with E-state index in [0.29, 0.717) is 19.0 Å². The van der Waals surface area contributed by atoms with Crippen LogP contribution in [0.1, 0.15) is 23.6 Å². The molecule has 1 unspecified atom stereocenters. The quantitative estimate of drug-likeness (QED) is 0.320. The summed E-state index contributed by atoms with van der Waals surface area (Å²) in [6.07, 6.45) is 1.08. The van der Waals surface area contributed by atoms with Crippen molar-refractivity contribution in [3.63, 3.8) is 0 Å². The second-order valence-electron chi connectivity index (χ2n) is 9.43. The molecule has 1 atom stereocenters. The summed E-state index contributed by atoms with van der Waals surface area (Å²) in [7, 11) is 0. The van der Waals surface area contributed by atoms with Gasteiger partial charge in [-0.3, -0.25) is 9.69 Å². The van der Waals surface area contributed by atoms with E-state index in [4.69, 9.17) is 0 Å². The molecule has 4 heteroatoms. The molecule has 0 bridgehead atoms. The zero-order valence-corrected chi connectivity index (χ0v) is 20.5. The number of carbonyl (C=O) groups excluding carboxylic acids is 1. The van der Waals surface area contributed by atoms with Crippen LogP contribution < -0.4 is 10.2 Å². The molecule has 0 spiro atoms. The number of rotatable bonds is 9. The third-order valence-electron chi connectivity index (χ3n) is 6.94. The molecule has 182 valence electrons. The van der Waals surface area contributed by atoms with Gasteiger partial charge in [-0.15, -0.1) is 0 Å². The molecule has 1 heterocycles. The van der Waals surface area contributed by atoms with Gasteiger partial charge >= 0.3 is 0 Å². The third kappa shape index (κ3) is 5.84. The fourth-order valence-electron chi connectivity index (χ4n) is 5.15. The van der Waals surface area contributed by atoms with Crippen LogP contribution in [0.5, 0.6) is 0 Å². The molecule has 1 aliphatic rings. The Morgan fingerprint density at radius 2 is 1.22 bits per heavy atom. The normalized spacial score (nSPS) is 15.6. The number of likely N-dealkylation sites (tertiary alicyclic amines) is 1. The summed E-state index contributed by atoms with van der Waals surface area (Å²) in [5, 5.41) is 3.23. The zero-order valence-electron chi connectivity index (χ0n) is 20.5. The van der Waals surface area contributed by atoms with Crippen LogP contribution in [0.25, 0.3) is 0 Å². The van der Waals surface area contributed by atoms with Gasteiger partial charge in [0.05, 0.1) is 6.04 Å². The van der Waals surface area contributed by atoms with Gasteiger partial charge in [0, 0.05) is 24.5 Å². The van der Waals surface area contributed by atoms with Crippen molar-refractivity contribution in [1.29, 1.82) is 0 Å². The highest BCUT2D eigenvalue weighted by Crippen LogP contribution is 2.33. The van der Waals surface area contributed by atoms with E-state index >= 15 is 0 Å². The van der Waals surface area contributed by atoms with Crippen LogP contribution >= 0.6 is 0 Å². The first-order valence-corrected chi connectivity index (χ1v) is 12.8. The van der Waals surface area contributed by atoms with Crippen molar-refractivity contribution in [2.24, 2.45) is 5.92 Å². The maximum Gasteiger partial charge on any atom is 0.239 e. The Morgan fingerprint density at radius 1 is 0.750 bits per heavy atom. The minimum atomic E-state index is 0.0452. The lowest BCUT2D eigenvalue weighted by Crippen LogP contribution is -2.38. The van der Waals surface area contributed by atoms with Crippen molar-refractivity contribution >= 4 is 17.3 Å². The smallest absolute Gasteiger partial charge is 0.239 e. The van der Waals surface area contributed by atoms with Gasteiger partial charge in [0.2, 0.25) is 5.91 Å². The van der Waals surface area contributed by atoms with Crippen molar-refractivity contribution in [2.45, 2.75) is 12.5 Å². The Bertz CT molecular complexity index is 1140. The molecule has 4 aromatic rings. The van der Waals surface area contributed by atoms with E-state index in [9.17, 15) is 4.79 Å². The van der Waals surface area contributed by atoms with Crippen molar-refractivity contribution < 1.29 is 4.79 Å². The maximum atomic E-state index is 13.0. The van der Waals surface area contributed by atoms with Gasteiger partial charge in [0.15, 0.2) is 0 Å². The molecule has 4 nitrogen and oxygen atoms in total. The zero-order chi connectivity index (χ0) is 24.6. The van der Waals surface area contributed by atoms with Gasteiger partial charge in [0.1, 0.15) is 6.54 Å². The Morgan fingerprint density at radius 3 is 1.72 bits per heavy atom. The van der Waals surface area contributed by atoms with Gasteiger partial charge in [-0.2, -0.15) is 0 Å².